The summed E-state index contributed by atoms with van der Waals surface area (Å²) in [5.41, 5.74) is 2.52. The lowest BCUT2D eigenvalue weighted by Crippen LogP contribution is -2.31. The molecular weight excluding hydrogens is 208 g/mol. The highest BCUT2D eigenvalue weighted by molar-refractivity contribution is 6.04. The molecule has 1 heterocycles. The van der Waals surface area contributed by atoms with E-state index in [-0.39, 0.29) is 0 Å². The van der Waals surface area contributed by atoms with Crippen molar-refractivity contribution in [2.75, 3.05) is 10.6 Å². The van der Waals surface area contributed by atoms with Crippen molar-refractivity contribution in [2.24, 2.45) is 0 Å². The van der Waals surface area contributed by atoms with Gasteiger partial charge in [0, 0.05) is 16.8 Å². The maximum Gasteiger partial charge on any atom is 0.0963 e. The zero-order valence-corrected chi connectivity index (χ0v) is 10.2. The Labute approximate surface area is 102 Å². The van der Waals surface area contributed by atoms with Gasteiger partial charge in [0.1, 0.15) is 0 Å². The maximum atomic E-state index is 3.58. The van der Waals surface area contributed by atoms with Crippen molar-refractivity contribution in [2.45, 2.75) is 32.4 Å². The zero-order chi connectivity index (χ0) is 11.7. The number of hydrogen-bond acceptors (Lipinski definition) is 2. The molecule has 17 heavy (non-hydrogen) atoms. The van der Waals surface area contributed by atoms with Crippen LogP contribution in [0.1, 0.15) is 26.2 Å². The summed E-state index contributed by atoms with van der Waals surface area (Å²) < 4.78 is 0. The van der Waals surface area contributed by atoms with Crippen LogP contribution >= 0.6 is 0 Å². The molecule has 0 radical (unpaired) electrons. The topological polar surface area (TPSA) is 24.1 Å². The van der Waals surface area contributed by atoms with Crippen molar-refractivity contribution < 1.29 is 0 Å². The quantitative estimate of drug-likeness (QED) is 0.819. The molecule has 2 nitrogen and oxygen atoms in total. The summed E-state index contributed by atoms with van der Waals surface area (Å²) in [6.45, 7) is 2.23. The molecule has 0 amide bonds. The Bertz CT molecular complexity index is 493. The minimum absolute atomic E-state index is 0.371. The Morgan fingerprint density at radius 3 is 2.24 bits per heavy atom. The fourth-order valence-corrected chi connectivity index (χ4v) is 2.55. The van der Waals surface area contributed by atoms with Gasteiger partial charge in [0.05, 0.1) is 6.17 Å². The Hall–Kier alpha value is -1.70. The molecule has 0 fully saturated rings. The summed E-state index contributed by atoms with van der Waals surface area (Å²) >= 11 is 0. The van der Waals surface area contributed by atoms with Crippen molar-refractivity contribution >= 4 is 22.1 Å². The van der Waals surface area contributed by atoms with Crippen molar-refractivity contribution in [3.63, 3.8) is 0 Å². The predicted octanol–water partition coefficient (Wildman–Crippen LogP) is 4.19. The van der Waals surface area contributed by atoms with Gasteiger partial charge in [-0.3, -0.25) is 0 Å². The van der Waals surface area contributed by atoms with Crippen LogP contribution in [-0.4, -0.2) is 6.17 Å². The van der Waals surface area contributed by atoms with Crippen LogP contribution in [0.15, 0.2) is 36.4 Å². The molecule has 2 aromatic rings. The molecule has 0 bridgehead atoms. The number of benzene rings is 2. The normalized spacial score (nSPS) is 14.4. The van der Waals surface area contributed by atoms with Gasteiger partial charge in [-0.25, -0.2) is 0 Å². The van der Waals surface area contributed by atoms with Crippen molar-refractivity contribution in [3.8, 4) is 0 Å². The highest BCUT2D eigenvalue weighted by Crippen LogP contribution is 2.35. The first-order valence-electron chi connectivity index (χ1n) is 6.43. The van der Waals surface area contributed by atoms with Gasteiger partial charge in [-0.05, 0) is 30.4 Å². The van der Waals surface area contributed by atoms with E-state index in [1.807, 2.05) is 0 Å². The van der Waals surface area contributed by atoms with E-state index in [9.17, 15) is 0 Å². The maximum absolute atomic E-state index is 3.58. The van der Waals surface area contributed by atoms with Crippen LogP contribution in [0.5, 0.6) is 0 Å². The summed E-state index contributed by atoms with van der Waals surface area (Å²) in [4.78, 5) is 0. The number of anilines is 2. The second kappa shape index (κ2) is 4.28. The van der Waals surface area contributed by atoms with E-state index in [1.165, 1.54) is 41.4 Å². The third kappa shape index (κ3) is 1.84. The first-order chi connectivity index (χ1) is 8.38. The molecule has 88 valence electrons. The third-order valence-corrected chi connectivity index (χ3v) is 3.41. The van der Waals surface area contributed by atoms with Gasteiger partial charge in [0.2, 0.25) is 0 Å². The van der Waals surface area contributed by atoms with E-state index in [0.29, 0.717) is 6.17 Å². The van der Waals surface area contributed by atoms with Crippen LogP contribution in [0.4, 0.5) is 11.4 Å². The highest BCUT2D eigenvalue weighted by atomic mass is 15.1. The average Bonchev–Trinajstić information content (AvgIpc) is 2.37. The largest absolute Gasteiger partial charge is 0.365 e. The lowest BCUT2D eigenvalue weighted by Gasteiger charge is -2.29. The molecular formula is C15H18N2. The molecule has 0 spiro atoms. The van der Waals surface area contributed by atoms with E-state index >= 15 is 0 Å². The Morgan fingerprint density at radius 2 is 1.65 bits per heavy atom. The minimum Gasteiger partial charge on any atom is -0.365 e. The Balaban J connectivity index is 1.99. The van der Waals surface area contributed by atoms with E-state index < -0.39 is 0 Å². The summed E-state index contributed by atoms with van der Waals surface area (Å²) in [6.07, 6.45) is 4.03. The van der Waals surface area contributed by atoms with Crippen molar-refractivity contribution in [1.82, 2.24) is 0 Å². The lowest BCUT2D eigenvalue weighted by atomic mass is 10.0. The summed E-state index contributed by atoms with van der Waals surface area (Å²) in [5.74, 6) is 0. The van der Waals surface area contributed by atoms with Crippen LogP contribution < -0.4 is 10.6 Å². The minimum atomic E-state index is 0.371. The van der Waals surface area contributed by atoms with Gasteiger partial charge >= 0.3 is 0 Å². The van der Waals surface area contributed by atoms with E-state index in [2.05, 4.69) is 54.0 Å². The second-order valence-electron chi connectivity index (χ2n) is 4.69. The molecule has 2 heteroatoms. The van der Waals surface area contributed by atoms with Gasteiger partial charge < -0.3 is 10.6 Å². The lowest BCUT2D eigenvalue weighted by molar-refractivity contribution is 0.653. The van der Waals surface area contributed by atoms with Crippen LogP contribution in [0.25, 0.3) is 10.8 Å². The van der Waals surface area contributed by atoms with Gasteiger partial charge in [-0.1, -0.05) is 37.6 Å². The number of unbranched alkanes of at least 4 members (excludes halogenated alkanes) is 1. The van der Waals surface area contributed by atoms with Gasteiger partial charge in [0.15, 0.2) is 0 Å². The number of hydrogen-bond donors (Lipinski definition) is 2. The van der Waals surface area contributed by atoms with E-state index in [4.69, 9.17) is 0 Å². The Morgan fingerprint density at radius 1 is 1.00 bits per heavy atom. The van der Waals surface area contributed by atoms with Crippen LogP contribution in [-0.2, 0) is 0 Å². The zero-order valence-electron chi connectivity index (χ0n) is 10.2. The predicted molar refractivity (Wildman–Crippen MR) is 74.5 cm³/mol. The second-order valence-corrected chi connectivity index (χ2v) is 4.69. The fraction of sp³-hybridized carbons (Fsp3) is 0.333. The molecule has 2 aromatic carbocycles. The molecule has 1 aliphatic rings. The van der Waals surface area contributed by atoms with Crippen molar-refractivity contribution in [3.05, 3.63) is 36.4 Å². The molecule has 0 aliphatic carbocycles. The van der Waals surface area contributed by atoms with Crippen LogP contribution in [0.3, 0.4) is 0 Å². The summed E-state index contributed by atoms with van der Waals surface area (Å²) in [6, 6.07) is 12.9. The standard InChI is InChI=1S/C15H18N2/c1-2-3-10-14-16-12-8-4-6-11-7-5-9-13(17-14)15(11)12/h4-9,14,16-17H,2-3,10H2,1H3. The van der Waals surface area contributed by atoms with Gasteiger partial charge in [-0.15, -0.1) is 0 Å². The molecule has 3 rings (SSSR count). The fourth-order valence-electron chi connectivity index (χ4n) is 2.55. The summed E-state index contributed by atoms with van der Waals surface area (Å²) in [5, 5.41) is 9.79. The average molecular weight is 226 g/mol. The van der Waals surface area contributed by atoms with Crippen LogP contribution in [0, 0.1) is 0 Å². The van der Waals surface area contributed by atoms with Gasteiger partial charge in [-0.2, -0.15) is 0 Å². The molecule has 0 unspecified atom stereocenters. The molecule has 1 aliphatic heterocycles. The highest BCUT2D eigenvalue weighted by Gasteiger charge is 2.17. The smallest absolute Gasteiger partial charge is 0.0963 e. The SMILES string of the molecule is CCCCC1Nc2cccc3cccc(c23)N1. The monoisotopic (exact) mass is 226 g/mol. The van der Waals surface area contributed by atoms with Crippen molar-refractivity contribution in [1.29, 1.82) is 0 Å². The number of rotatable bonds is 3. The molecule has 2 N–H and O–H groups in total. The van der Waals surface area contributed by atoms with Gasteiger partial charge in [0.25, 0.3) is 0 Å². The third-order valence-electron chi connectivity index (χ3n) is 3.41. The molecule has 0 aromatic heterocycles. The molecule has 0 saturated heterocycles. The summed E-state index contributed by atoms with van der Waals surface area (Å²) in [7, 11) is 0. The van der Waals surface area contributed by atoms with E-state index in [1.54, 1.807) is 0 Å². The first-order valence-corrected chi connectivity index (χ1v) is 6.43. The number of nitrogens with one attached hydrogen (secondary N) is 2. The van der Waals surface area contributed by atoms with Crippen LogP contribution in [0.2, 0.25) is 0 Å². The molecule has 0 saturated carbocycles. The Kier molecular flexibility index (Phi) is 2.63. The van der Waals surface area contributed by atoms with E-state index in [0.717, 1.165) is 0 Å². The first kappa shape index (κ1) is 10.5. The molecule has 0 atom stereocenters.